The van der Waals surface area contributed by atoms with Gasteiger partial charge in [-0.25, -0.2) is 4.39 Å². The Bertz CT molecular complexity index is 1010. The second kappa shape index (κ2) is 9.17. The fraction of sp³-hybridized carbons (Fsp3) is 0.417. The Kier molecular flexibility index (Phi) is 6.61. The van der Waals surface area contributed by atoms with E-state index in [1.54, 1.807) is 18.2 Å². The predicted molar refractivity (Wildman–Crippen MR) is 119 cm³/mol. The maximum Gasteiger partial charge on any atom is 0.266 e. The molecule has 2 aromatic rings. The zero-order valence-corrected chi connectivity index (χ0v) is 18.1. The molecule has 0 radical (unpaired) electrons. The van der Waals surface area contributed by atoms with E-state index >= 15 is 0 Å². The van der Waals surface area contributed by atoms with Crippen LogP contribution < -0.4 is 10.2 Å². The van der Waals surface area contributed by atoms with E-state index < -0.39 is 11.7 Å². The summed E-state index contributed by atoms with van der Waals surface area (Å²) >= 11 is 0. The van der Waals surface area contributed by atoms with E-state index in [9.17, 15) is 14.4 Å². The number of para-hydroxylation sites is 1. The third-order valence-electron chi connectivity index (χ3n) is 5.50. The number of hydrogen-bond donors (Lipinski definition) is 1. The first-order chi connectivity index (χ1) is 14.3. The first kappa shape index (κ1) is 21.6. The zero-order valence-electron chi connectivity index (χ0n) is 18.1. The van der Waals surface area contributed by atoms with Gasteiger partial charge in [0.2, 0.25) is 0 Å². The number of carbonyl (C=O) groups is 1. The third kappa shape index (κ3) is 4.56. The highest BCUT2D eigenvalue weighted by Gasteiger charge is 2.21. The zero-order chi connectivity index (χ0) is 21.8. The van der Waals surface area contributed by atoms with Crippen molar-refractivity contribution in [2.45, 2.75) is 47.1 Å². The van der Waals surface area contributed by atoms with Crippen molar-refractivity contribution >= 4 is 23.4 Å². The number of nitrogens with one attached hydrogen (secondary N) is 1. The molecule has 5 nitrogen and oxygen atoms in total. The Morgan fingerprint density at radius 3 is 2.63 bits per heavy atom. The van der Waals surface area contributed by atoms with Crippen LogP contribution in [0, 0.1) is 36.9 Å². The van der Waals surface area contributed by atoms with Gasteiger partial charge in [-0.05, 0) is 62.4 Å². The Morgan fingerprint density at radius 2 is 2.00 bits per heavy atom. The van der Waals surface area contributed by atoms with Gasteiger partial charge in [0.15, 0.2) is 0 Å². The van der Waals surface area contributed by atoms with Gasteiger partial charge in [-0.15, -0.1) is 0 Å². The molecule has 1 fully saturated rings. The molecule has 0 unspecified atom stereocenters. The minimum atomic E-state index is -0.600. The fourth-order valence-corrected chi connectivity index (χ4v) is 3.96. The van der Waals surface area contributed by atoms with E-state index in [-0.39, 0.29) is 11.3 Å². The van der Waals surface area contributed by atoms with Crippen molar-refractivity contribution in [3.05, 3.63) is 52.6 Å². The van der Waals surface area contributed by atoms with Gasteiger partial charge in [0.1, 0.15) is 23.1 Å². The number of benzene rings is 1. The SMILES string of the molecule is Cc1cc(/C=C(/C#N)C(=O)Nc2c(F)cccc2N2CCCC2)c(C)n1CC(C)C. The van der Waals surface area contributed by atoms with Crippen LogP contribution in [0.3, 0.4) is 0 Å². The highest BCUT2D eigenvalue weighted by Crippen LogP contribution is 2.31. The van der Waals surface area contributed by atoms with Gasteiger partial charge >= 0.3 is 0 Å². The van der Waals surface area contributed by atoms with Gasteiger partial charge in [-0.3, -0.25) is 4.79 Å². The average molecular weight is 409 g/mol. The molecule has 158 valence electrons. The van der Waals surface area contributed by atoms with Crippen LogP contribution in [0.1, 0.15) is 43.6 Å². The minimum Gasteiger partial charge on any atom is -0.370 e. The normalized spacial score (nSPS) is 14.3. The number of carbonyl (C=O) groups excluding carboxylic acids is 1. The number of aromatic nitrogens is 1. The Balaban J connectivity index is 1.89. The van der Waals surface area contributed by atoms with Gasteiger partial charge in [0.25, 0.3) is 5.91 Å². The lowest BCUT2D eigenvalue weighted by Crippen LogP contribution is -2.22. The Hall–Kier alpha value is -3.07. The summed E-state index contributed by atoms with van der Waals surface area (Å²) in [4.78, 5) is 14.9. The Labute approximate surface area is 177 Å². The molecule has 6 heteroatoms. The van der Waals surface area contributed by atoms with E-state index in [2.05, 4.69) is 28.6 Å². The average Bonchev–Trinajstić information content (AvgIpc) is 3.32. The quantitative estimate of drug-likeness (QED) is 0.538. The number of rotatable bonds is 6. The van der Waals surface area contributed by atoms with Crippen LogP contribution in [0.25, 0.3) is 6.08 Å². The highest BCUT2D eigenvalue weighted by molar-refractivity contribution is 6.11. The third-order valence-corrected chi connectivity index (χ3v) is 5.50. The lowest BCUT2D eigenvalue weighted by atomic mass is 10.1. The number of hydrogen-bond acceptors (Lipinski definition) is 3. The number of nitriles is 1. The van der Waals surface area contributed by atoms with E-state index in [0.29, 0.717) is 11.6 Å². The number of nitrogens with zero attached hydrogens (tertiary/aromatic N) is 3. The summed E-state index contributed by atoms with van der Waals surface area (Å²) in [6, 6.07) is 8.72. The molecule has 1 aliphatic rings. The molecular formula is C24H29FN4O. The lowest BCUT2D eigenvalue weighted by molar-refractivity contribution is -0.112. The van der Waals surface area contributed by atoms with Crippen molar-refractivity contribution in [3.63, 3.8) is 0 Å². The van der Waals surface area contributed by atoms with Gasteiger partial charge in [-0.2, -0.15) is 5.26 Å². The van der Waals surface area contributed by atoms with E-state index in [0.717, 1.165) is 49.4 Å². The summed E-state index contributed by atoms with van der Waals surface area (Å²) < 4.78 is 16.7. The minimum absolute atomic E-state index is 0.0459. The molecule has 2 heterocycles. The summed E-state index contributed by atoms with van der Waals surface area (Å²) in [6.07, 6.45) is 3.67. The number of anilines is 2. The Morgan fingerprint density at radius 1 is 1.30 bits per heavy atom. The van der Waals surface area contributed by atoms with Crippen LogP contribution >= 0.6 is 0 Å². The molecule has 1 N–H and O–H groups in total. The topological polar surface area (TPSA) is 61.1 Å². The molecule has 0 bridgehead atoms. The van der Waals surface area contributed by atoms with Crippen molar-refractivity contribution in [3.8, 4) is 6.07 Å². The van der Waals surface area contributed by atoms with Crippen LogP contribution in [-0.4, -0.2) is 23.6 Å². The molecule has 30 heavy (non-hydrogen) atoms. The van der Waals surface area contributed by atoms with Gasteiger partial charge in [0, 0.05) is 31.0 Å². The molecule has 1 amide bonds. The standard InChI is InChI=1S/C24H29FN4O/c1-16(2)15-29-17(3)12-19(18(29)4)13-20(14-26)24(30)27-23-21(25)8-7-9-22(23)28-10-5-6-11-28/h7-9,12-13,16H,5-6,10-11,15H2,1-4H3,(H,27,30)/b20-13-. The molecule has 1 aromatic heterocycles. The molecule has 3 rings (SSSR count). The van der Waals surface area contributed by atoms with Crippen LogP contribution in [0.5, 0.6) is 0 Å². The molecule has 1 aliphatic heterocycles. The van der Waals surface area contributed by atoms with Gasteiger partial charge < -0.3 is 14.8 Å². The van der Waals surface area contributed by atoms with Crippen LogP contribution in [0.2, 0.25) is 0 Å². The largest absolute Gasteiger partial charge is 0.370 e. The van der Waals surface area contributed by atoms with E-state index in [1.165, 1.54) is 6.07 Å². The molecule has 1 saturated heterocycles. The van der Waals surface area contributed by atoms with Crippen molar-refractivity contribution in [2.24, 2.45) is 5.92 Å². The maximum atomic E-state index is 14.6. The monoisotopic (exact) mass is 408 g/mol. The summed E-state index contributed by atoms with van der Waals surface area (Å²) in [5.74, 6) is -0.618. The van der Waals surface area contributed by atoms with Crippen molar-refractivity contribution in [2.75, 3.05) is 23.3 Å². The predicted octanol–water partition coefficient (Wildman–Crippen LogP) is 5.05. The fourth-order valence-electron chi connectivity index (χ4n) is 3.96. The number of amides is 1. The smallest absolute Gasteiger partial charge is 0.266 e. The summed E-state index contributed by atoms with van der Waals surface area (Å²) in [6.45, 7) is 10.8. The van der Waals surface area contributed by atoms with Crippen LogP contribution in [0.15, 0.2) is 29.8 Å². The molecule has 0 aliphatic carbocycles. The van der Waals surface area contributed by atoms with Crippen LogP contribution in [-0.2, 0) is 11.3 Å². The van der Waals surface area contributed by atoms with Crippen molar-refractivity contribution < 1.29 is 9.18 Å². The highest BCUT2D eigenvalue weighted by atomic mass is 19.1. The molecule has 0 atom stereocenters. The van der Waals surface area contributed by atoms with Crippen molar-refractivity contribution in [1.29, 1.82) is 5.26 Å². The number of halogens is 1. The van der Waals surface area contributed by atoms with E-state index in [1.807, 2.05) is 26.0 Å². The summed E-state index contributed by atoms with van der Waals surface area (Å²) in [5, 5.41) is 12.3. The molecule has 0 spiro atoms. The van der Waals surface area contributed by atoms with E-state index in [4.69, 9.17) is 0 Å². The second-order valence-electron chi connectivity index (χ2n) is 8.28. The van der Waals surface area contributed by atoms with Gasteiger partial charge in [0.05, 0.1) is 5.69 Å². The molecular weight excluding hydrogens is 379 g/mol. The molecule has 1 aromatic carbocycles. The van der Waals surface area contributed by atoms with Crippen molar-refractivity contribution in [1.82, 2.24) is 4.57 Å². The lowest BCUT2D eigenvalue weighted by Gasteiger charge is -2.21. The van der Waals surface area contributed by atoms with Crippen LogP contribution in [0.4, 0.5) is 15.8 Å². The summed E-state index contributed by atoms with van der Waals surface area (Å²) in [5.41, 5.74) is 3.66. The van der Waals surface area contributed by atoms with Gasteiger partial charge in [-0.1, -0.05) is 19.9 Å². The number of aryl methyl sites for hydroxylation is 1. The first-order valence-corrected chi connectivity index (χ1v) is 10.4. The molecule has 0 saturated carbocycles. The first-order valence-electron chi connectivity index (χ1n) is 10.4. The summed E-state index contributed by atoms with van der Waals surface area (Å²) in [7, 11) is 0. The maximum absolute atomic E-state index is 14.6. The second-order valence-corrected chi connectivity index (χ2v) is 8.28.